The van der Waals surface area contributed by atoms with Gasteiger partial charge in [-0.15, -0.1) is 0 Å². The number of nitrogen functional groups attached to an aromatic ring is 1. The van der Waals surface area contributed by atoms with E-state index in [4.69, 9.17) is 27.2 Å². The van der Waals surface area contributed by atoms with Crippen molar-refractivity contribution in [1.29, 1.82) is 0 Å². The molecule has 3 aromatic heterocycles. The van der Waals surface area contributed by atoms with Crippen molar-refractivity contribution in [1.82, 2.24) is 34.4 Å². The number of carbonyl (C=O) groups is 1. The van der Waals surface area contributed by atoms with Crippen molar-refractivity contribution in [3.8, 4) is 17.0 Å². The van der Waals surface area contributed by atoms with Gasteiger partial charge in [-0.2, -0.15) is 10.2 Å². The van der Waals surface area contributed by atoms with Crippen LogP contribution in [0.2, 0.25) is 5.02 Å². The van der Waals surface area contributed by atoms with E-state index in [1.54, 1.807) is 21.7 Å². The van der Waals surface area contributed by atoms with Gasteiger partial charge >= 0.3 is 0 Å². The lowest BCUT2D eigenvalue weighted by molar-refractivity contribution is -0.127. The summed E-state index contributed by atoms with van der Waals surface area (Å²) in [5.74, 6) is 0.775. The SMILES string of the molecule is C=CC(=O)N1CCCC(n2nc(-c3ccc(OCn4nc(C)cc4C)c(Cl)c3)c3c(N)ncnc32)C1. The number of rotatable bonds is 6. The number of aryl methyl sites for hydroxylation is 2. The fourth-order valence-electron chi connectivity index (χ4n) is 4.64. The number of nitrogens with zero attached hydrogens (tertiary/aromatic N) is 7. The summed E-state index contributed by atoms with van der Waals surface area (Å²) in [6.45, 7) is 8.98. The topological polar surface area (TPSA) is 117 Å². The second kappa shape index (κ2) is 9.62. The fourth-order valence-corrected chi connectivity index (χ4v) is 4.87. The summed E-state index contributed by atoms with van der Waals surface area (Å²) >= 11 is 6.60. The molecule has 1 aliphatic heterocycles. The normalized spacial score (nSPS) is 15.9. The number of amides is 1. The zero-order valence-electron chi connectivity index (χ0n) is 20.2. The maximum absolute atomic E-state index is 12.2. The zero-order valence-corrected chi connectivity index (χ0v) is 20.9. The van der Waals surface area contributed by atoms with Gasteiger partial charge in [0.25, 0.3) is 0 Å². The van der Waals surface area contributed by atoms with Crippen LogP contribution in [0.5, 0.6) is 5.75 Å². The lowest BCUT2D eigenvalue weighted by Gasteiger charge is -2.32. The molecule has 0 bridgehead atoms. The lowest BCUT2D eigenvalue weighted by atomic mass is 10.1. The number of ether oxygens (including phenoxy) is 1. The first-order valence-corrected chi connectivity index (χ1v) is 12.1. The van der Waals surface area contributed by atoms with Crippen LogP contribution < -0.4 is 10.5 Å². The van der Waals surface area contributed by atoms with E-state index in [1.807, 2.05) is 30.7 Å². The van der Waals surface area contributed by atoms with Gasteiger partial charge < -0.3 is 15.4 Å². The first-order valence-electron chi connectivity index (χ1n) is 11.7. The van der Waals surface area contributed by atoms with Gasteiger partial charge in [-0.3, -0.25) is 4.79 Å². The summed E-state index contributed by atoms with van der Waals surface area (Å²) in [6, 6.07) is 7.42. The summed E-state index contributed by atoms with van der Waals surface area (Å²) in [5, 5.41) is 10.4. The van der Waals surface area contributed by atoms with Crippen LogP contribution in [0.25, 0.3) is 22.3 Å². The van der Waals surface area contributed by atoms with Crippen LogP contribution in [0.1, 0.15) is 30.3 Å². The summed E-state index contributed by atoms with van der Waals surface area (Å²) in [5.41, 5.74) is 10.2. The molecule has 0 saturated carbocycles. The average molecular weight is 507 g/mol. The van der Waals surface area contributed by atoms with Gasteiger partial charge in [-0.25, -0.2) is 19.3 Å². The summed E-state index contributed by atoms with van der Waals surface area (Å²) in [7, 11) is 0. The van der Waals surface area contributed by atoms with Crippen LogP contribution >= 0.6 is 11.6 Å². The van der Waals surface area contributed by atoms with E-state index in [1.165, 1.54) is 12.4 Å². The maximum atomic E-state index is 12.2. The van der Waals surface area contributed by atoms with Crippen molar-refractivity contribution >= 4 is 34.4 Å². The predicted molar refractivity (Wildman–Crippen MR) is 138 cm³/mol. The van der Waals surface area contributed by atoms with Gasteiger partial charge in [0.1, 0.15) is 23.6 Å². The average Bonchev–Trinajstić information content (AvgIpc) is 3.42. The Balaban J connectivity index is 1.47. The van der Waals surface area contributed by atoms with E-state index in [2.05, 4.69) is 21.6 Å². The first-order chi connectivity index (χ1) is 17.4. The largest absolute Gasteiger partial charge is 0.470 e. The molecule has 0 aliphatic carbocycles. The number of nitrogens with two attached hydrogens (primary N) is 1. The van der Waals surface area contributed by atoms with Crippen molar-refractivity contribution in [2.24, 2.45) is 0 Å². The van der Waals surface area contributed by atoms with Gasteiger partial charge in [-0.05, 0) is 57.0 Å². The molecule has 4 heterocycles. The standard InChI is InChI=1S/C25H27ClN8O2/c1-4-21(35)32-9-5-6-18(12-32)34-25-22(24(27)28-13-29-25)23(31-34)17-7-8-20(19(26)11-17)36-14-33-16(3)10-15(2)30-33/h4,7-8,10-11,13,18H,1,5-6,9,12,14H2,2-3H3,(H2,27,28,29). The quantitative estimate of drug-likeness (QED) is 0.394. The molecular weight excluding hydrogens is 480 g/mol. The third-order valence-electron chi connectivity index (χ3n) is 6.40. The van der Waals surface area contributed by atoms with Gasteiger partial charge in [0, 0.05) is 24.3 Å². The monoisotopic (exact) mass is 506 g/mol. The number of aromatic nitrogens is 6. The molecule has 1 atom stereocenters. The van der Waals surface area contributed by atoms with Crippen LogP contribution in [-0.4, -0.2) is 53.4 Å². The highest BCUT2D eigenvalue weighted by Crippen LogP contribution is 2.36. The number of anilines is 1. The molecule has 1 amide bonds. The number of hydrogen-bond donors (Lipinski definition) is 1. The third kappa shape index (κ3) is 4.39. The van der Waals surface area contributed by atoms with Crippen molar-refractivity contribution in [2.45, 2.75) is 39.5 Å². The second-order valence-corrected chi connectivity index (χ2v) is 9.29. The van der Waals surface area contributed by atoms with E-state index in [0.717, 1.165) is 29.8 Å². The van der Waals surface area contributed by atoms with Gasteiger partial charge in [0.15, 0.2) is 12.4 Å². The Morgan fingerprint density at radius 2 is 2.11 bits per heavy atom. The number of benzene rings is 1. The van der Waals surface area contributed by atoms with Crippen LogP contribution in [-0.2, 0) is 11.5 Å². The minimum Gasteiger partial charge on any atom is -0.470 e. The molecule has 1 aliphatic rings. The highest BCUT2D eigenvalue weighted by Gasteiger charge is 2.28. The Morgan fingerprint density at radius 3 is 2.83 bits per heavy atom. The zero-order chi connectivity index (χ0) is 25.4. The van der Waals surface area contributed by atoms with E-state index < -0.39 is 0 Å². The van der Waals surface area contributed by atoms with Crippen molar-refractivity contribution in [3.63, 3.8) is 0 Å². The highest BCUT2D eigenvalue weighted by molar-refractivity contribution is 6.32. The third-order valence-corrected chi connectivity index (χ3v) is 6.69. The Morgan fingerprint density at radius 1 is 1.28 bits per heavy atom. The highest BCUT2D eigenvalue weighted by atomic mass is 35.5. The van der Waals surface area contributed by atoms with Crippen LogP contribution in [0.15, 0.2) is 43.2 Å². The van der Waals surface area contributed by atoms with Gasteiger partial charge in [-0.1, -0.05) is 18.2 Å². The first kappa shape index (κ1) is 23.8. The van der Waals surface area contributed by atoms with Crippen LogP contribution in [0, 0.1) is 13.8 Å². The molecule has 0 spiro atoms. The Hall–Kier alpha value is -3.92. The number of halogens is 1. The van der Waals surface area contributed by atoms with Crippen molar-refractivity contribution < 1.29 is 9.53 Å². The fraction of sp³-hybridized carbons (Fsp3) is 0.320. The molecule has 2 N–H and O–H groups in total. The van der Waals surface area contributed by atoms with E-state index in [0.29, 0.717) is 46.4 Å². The van der Waals surface area contributed by atoms with Gasteiger partial charge in [0.2, 0.25) is 5.91 Å². The molecule has 1 saturated heterocycles. The Kier molecular flexibility index (Phi) is 6.36. The predicted octanol–water partition coefficient (Wildman–Crippen LogP) is 3.93. The minimum atomic E-state index is -0.0895. The number of carbonyl (C=O) groups excluding carboxylic acids is 1. The lowest BCUT2D eigenvalue weighted by Crippen LogP contribution is -2.40. The summed E-state index contributed by atoms with van der Waals surface area (Å²) in [6.07, 6.45) is 4.49. The second-order valence-electron chi connectivity index (χ2n) is 8.88. The van der Waals surface area contributed by atoms with Crippen molar-refractivity contribution in [3.05, 3.63) is 59.7 Å². The molecule has 186 valence electrons. The molecule has 1 fully saturated rings. The number of likely N-dealkylation sites (tertiary alicyclic amines) is 1. The minimum absolute atomic E-state index is 0.0490. The summed E-state index contributed by atoms with van der Waals surface area (Å²) in [4.78, 5) is 22.7. The molecule has 0 radical (unpaired) electrons. The molecule has 4 aromatic rings. The van der Waals surface area contributed by atoms with E-state index >= 15 is 0 Å². The summed E-state index contributed by atoms with van der Waals surface area (Å²) < 4.78 is 9.54. The molecule has 1 aromatic carbocycles. The van der Waals surface area contributed by atoms with E-state index in [9.17, 15) is 4.79 Å². The molecule has 10 nitrogen and oxygen atoms in total. The smallest absolute Gasteiger partial charge is 0.246 e. The van der Waals surface area contributed by atoms with Crippen LogP contribution in [0.3, 0.4) is 0 Å². The molecule has 36 heavy (non-hydrogen) atoms. The number of piperidine rings is 1. The molecule has 1 unspecified atom stereocenters. The van der Waals surface area contributed by atoms with E-state index in [-0.39, 0.29) is 18.7 Å². The van der Waals surface area contributed by atoms with Crippen LogP contribution in [0.4, 0.5) is 5.82 Å². The molecule has 11 heteroatoms. The number of hydrogen-bond acceptors (Lipinski definition) is 7. The maximum Gasteiger partial charge on any atom is 0.246 e. The number of fused-ring (bicyclic) bond motifs is 1. The van der Waals surface area contributed by atoms with Crippen molar-refractivity contribution in [2.75, 3.05) is 18.8 Å². The molecular formula is C25H27ClN8O2. The van der Waals surface area contributed by atoms with Gasteiger partial charge in [0.05, 0.1) is 22.1 Å². The molecule has 5 rings (SSSR count). The Bertz CT molecular complexity index is 1460. The Labute approximate surface area is 213 Å².